The molecule has 0 aliphatic carbocycles. The monoisotopic (exact) mass is 338 g/mol. The third kappa shape index (κ3) is 36.2. The van der Waals surface area contributed by atoms with Gasteiger partial charge in [-0.25, -0.2) is 9.13 Å². The van der Waals surface area contributed by atoms with Crippen molar-refractivity contribution in [2.45, 2.75) is 51.6 Å². The standard InChI is InChI=1S/C9H18O.2H3O4P/c1-3-4-5-6-7-9(2)8-10-9;2*1-5(2,3)4/h3-8H2,1-2H3;2*(H3,1,2,3,4). The Hall–Kier alpha value is 0.180. The van der Waals surface area contributed by atoms with E-state index in [1.54, 1.807) is 0 Å². The van der Waals surface area contributed by atoms with E-state index in [1.165, 1.54) is 32.1 Å². The Kier molecular flexibility index (Phi) is 11.2. The first kappa shape index (κ1) is 22.5. The molecule has 0 aromatic heterocycles. The van der Waals surface area contributed by atoms with Gasteiger partial charge in [0.1, 0.15) is 0 Å². The summed E-state index contributed by atoms with van der Waals surface area (Å²) in [7, 11) is -9.28. The molecule has 0 aromatic rings. The fourth-order valence-electron chi connectivity index (χ4n) is 1.19. The molecule has 0 saturated carbocycles. The summed E-state index contributed by atoms with van der Waals surface area (Å²) < 4.78 is 23.0. The second-order valence-electron chi connectivity index (χ2n) is 4.58. The number of ether oxygens (including phenoxy) is 1. The van der Waals surface area contributed by atoms with Gasteiger partial charge in [0, 0.05) is 0 Å². The summed E-state index contributed by atoms with van der Waals surface area (Å²) in [5, 5.41) is 0. The zero-order valence-corrected chi connectivity index (χ0v) is 13.3. The van der Waals surface area contributed by atoms with Crippen LogP contribution in [0.3, 0.4) is 0 Å². The number of unbranched alkanes of at least 4 members (excludes halogenated alkanes) is 3. The van der Waals surface area contributed by atoms with Crippen LogP contribution in [0, 0.1) is 0 Å². The van der Waals surface area contributed by atoms with Gasteiger partial charge in [-0.1, -0.05) is 32.6 Å². The minimum Gasteiger partial charge on any atom is -0.370 e. The Balaban J connectivity index is 0. The molecule has 1 fully saturated rings. The van der Waals surface area contributed by atoms with Gasteiger partial charge >= 0.3 is 15.6 Å². The van der Waals surface area contributed by atoms with E-state index in [0.29, 0.717) is 5.60 Å². The Bertz CT molecular complexity index is 294. The van der Waals surface area contributed by atoms with Gasteiger partial charge in [0.05, 0.1) is 12.2 Å². The molecule has 1 saturated heterocycles. The smallest absolute Gasteiger partial charge is 0.370 e. The Morgan fingerprint density at radius 3 is 1.55 bits per heavy atom. The van der Waals surface area contributed by atoms with Crippen LogP contribution in [-0.4, -0.2) is 41.6 Å². The van der Waals surface area contributed by atoms with E-state index < -0.39 is 15.6 Å². The predicted molar refractivity (Wildman–Crippen MR) is 71.6 cm³/mol. The van der Waals surface area contributed by atoms with Crippen LogP contribution in [0.1, 0.15) is 46.0 Å². The van der Waals surface area contributed by atoms with E-state index in [1.807, 2.05) is 0 Å². The highest BCUT2D eigenvalue weighted by atomic mass is 31.2. The number of epoxide rings is 1. The fourth-order valence-corrected chi connectivity index (χ4v) is 1.19. The van der Waals surface area contributed by atoms with Crippen LogP contribution in [-0.2, 0) is 13.9 Å². The molecule has 11 heteroatoms. The van der Waals surface area contributed by atoms with Crippen LogP contribution < -0.4 is 0 Å². The zero-order chi connectivity index (χ0) is 16.4. The molecule has 124 valence electrons. The summed E-state index contributed by atoms with van der Waals surface area (Å²) in [5.41, 5.74) is 0.299. The van der Waals surface area contributed by atoms with Crippen LogP contribution in [0.15, 0.2) is 0 Å². The van der Waals surface area contributed by atoms with Crippen molar-refractivity contribution < 1.29 is 43.2 Å². The van der Waals surface area contributed by atoms with Crippen molar-refractivity contribution >= 4 is 15.6 Å². The van der Waals surface area contributed by atoms with Gasteiger partial charge in [0.2, 0.25) is 0 Å². The maximum atomic E-state index is 8.88. The van der Waals surface area contributed by atoms with Gasteiger partial charge in [-0.2, -0.15) is 0 Å². The molecule has 0 aromatic carbocycles. The molecule has 0 amide bonds. The lowest BCUT2D eigenvalue weighted by molar-refractivity contribution is 0.272. The van der Waals surface area contributed by atoms with Crippen LogP contribution in [0.2, 0.25) is 0 Å². The highest BCUT2D eigenvalue weighted by Crippen LogP contribution is 2.31. The van der Waals surface area contributed by atoms with Crippen molar-refractivity contribution in [3.8, 4) is 0 Å². The molecule has 9 nitrogen and oxygen atoms in total. The zero-order valence-electron chi connectivity index (χ0n) is 11.5. The van der Waals surface area contributed by atoms with Crippen LogP contribution in [0.4, 0.5) is 0 Å². The van der Waals surface area contributed by atoms with E-state index in [-0.39, 0.29) is 0 Å². The minimum atomic E-state index is -4.64. The van der Waals surface area contributed by atoms with Gasteiger partial charge < -0.3 is 34.1 Å². The first-order valence-corrected chi connectivity index (χ1v) is 9.10. The average Bonchev–Trinajstić information content (AvgIpc) is 2.87. The maximum absolute atomic E-state index is 8.88. The Morgan fingerprint density at radius 1 is 0.950 bits per heavy atom. The lowest BCUT2D eigenvalue weighted by atomic mass is 10.0. The summed E-state index contributed by atoms with van der Waals surface area (Å²) in [5.74, 6) is 0. The molecule has 1 heterocycles. The van der Waals surface area contributed by atoms with Crippen molar-refractivity contribution in [3.63, 3.8) is 0 Å². The van der Waals surface area contributed by atoms with Crippen molar-refractivity contribution in [2.24, 2.45) is 0 Å². The summed E-state index contributed by atoms with van der Waals surface area (Å²) in [6, 6.07) is 0. The van der Waals surface area contributed by atoms with Gasteiger partial charge in [-0.05, 0) is 13.3 Å². The average molecular weight is 338 g/mol. The molecular weight excluding hydrogens is 314 g/mol. The van der Waals surface area contributed by atoms with Crippen molar-refractivity contribution in [3.05, 3.63) is 0 Å². The summed E-state index contributed by atoms with van der Waals surface area (Å²) >= 11 is 0. The van der Waals surface area contributed by atoms with Crippen LogP contribution in [0.5, 0.6) is 0 Å². The number of hydrogen-bond acceptors (Lipinski definition) is 3. The van der Waals surface area contributed by atoms with Gasteiger partial charge in [0.25, 0.3) is 0 Å². The lowest BCUT2D eigenvalue weighted by Gasteiger charge is -2.02. The van der Waals surface area contributed by atoms with Crippen LogP contribution in [0.25, 0.3) is 0 Å². The summed E-state index contributed by atoms with van der Waals surface area (Å²) in [6.07, 6.45) is 6.72. The van der Waals surface area contributed by atoms with Crippen molar-refractivity contribution in [2.75, 3.05) is 6.61 Å². The molecule has 0 bridgehead atoms. The Labute approximate surface area is 118 Å². The van der Waals surface area contributed by atoms with E-state index in [2.05, 4.69) is 13.8 Å². The molecule has 20 heavy (non-hydrogen) atoms. The third-order valence-corrected chi connectivity index (χ3v) is 2.20. The largest absolute Gasteiger partial charge is 0.466 e. The molecular formula is C9H24O9P2. The second-order valence-corrected chi connectivity index (χ2v) is 6.63. The van der Waals surface area contributed by atoms with Crippen molar-refractivity contribution in [1.82, 2.24) is 0 Å². The SMILES string of the molecule is CCCCCCC1(C)CO1.O=P(O)(O)O.O=P(O)(O)O. The number of hydrogen-bond donors (Lipinski definition) is 6. The summed E-state index contributed by atoms with van der Waals surface area (Å²) in [4.78, 5) is 43.1. The third-order valence-electron chi connectivity index (χ3n) is 2.20. The normalized spacial score (nSPS) is 21.2. The molecule has 1 rings (SSSR count). The molecule has 0 radical (unpaired) electrons. The van der Waals surface area contributed by atoms with Gasteiger partial charge in [-0.3, -0.25) is 0 Å². The molecule has 1 atom stereocenters. The predicted octanol–water partition coefficient (Wildman–Crippen LogP) is 0.888. The quantitative estimate of drug-likeness (QED) is 0.242. The Morgan fingerprint density at radius 2 is 1.30 bits per heavy atom. The van der Waals surface area contributed by atoms with E-state index in [0.717, 1.165) is 6.61 Å². The van der Waals surface area contributed by atoms with Crippen LogP contribution >= 0.6 is 15.6 Å². The fraction of sp³-hybridized carbons (Fsp3) is 1.00. The highest BCUT2D eigenvalue weighted by molar-refractivity contribution is 7.45. The molecule has 0 spiro atoms. The van der Waals surface area contributed by atoms with E-state index in [9.17, 15) is 0 Å². The molecule has 1 aliphatic heterocycles. The second kappa shape index (κ2) is 10.00. The highest BCUT2D eigenvalue weighted by Gasteiger charge is 2.37. The number of rotatable bonds is 5. The summed E-state index contributed by atoms with van der Waals surface area (Å²) in [6.45, 7) is 5.45. The van der Waals surface area contributed by atoms with E-state index >= 15 is 0 Å². The number of phosphoric acid groups is 2. The van der Waals surface area contributed by atoms with E-state index in [4.69, 9.17) is 43.2 Å². The lowest BCUT2D eigenvalue weighted by Crippen LogP contribution is -2.02. The minimum absolute atomic E-state index is 0.299. The topological polar surface area (TPSA) is 168 Å². The first-order valence-electron chi connectivity index (χ1n) is 5.97. The van der Waals surface area contributed by atoms with Gasteiger partial charge in [-0.15, -0.1) is 0 Å². The molecule has 6 N–H and O–H groups in total. The first-order chi connectivity index (χ1) is 8.77. The maximum Gasteiger partial charge on any atom is 0.466 e. The van der Waals surface area contributed by atoms with Gasteiger partial charge in [0.15, 0.2) is 0 Å². The van der Waals surface area contributed by atoms with Crippen molar-refractivity contribution in [1.29, 1.82) is 0 Å². The molecule has 1 unspecified atom stereocenters. The molecule has 1 aliphatic rings.